The zero-order valence-electron chi connectivity index (χ0n) is 13.7. The lowest BCUT2D eigenvalue weighted by atomic mass is 10.0. The van der Waals surface area contributed by atoms with Gasteiger partial charge in [0.25, 0.3) is 0 Å². The molecule has 2 fully saturated rings. The van der Waals surface area contributed by atoms with Crippen molar-refractivity contribution in [1.29, 1.82) is 0 Å². The van der Waals surface area contributed by atoms with E-state index in [4.69, 9.17) is 9.47 Å². The van der Waals surface area contributed by atoms with Gasteiger partial charge in [0, 0.05) is 32.5 Å². The highest BCUT2D eigenvalue weighted by Gasteiger charge is 2.39. The van der Waals surface area contributed by atoms with Gasteiger partial charge in [-0.25, -0.2) is 0 Å². The summed E-state index contributed by atoms with van der Waals surface area (Å²) in [6.45, 7) is 5.86. The van der Waals surface area contributed by atoms with Gasteiger partial charge in [0.2, 0.25) is 0 Å². The standard InChI is InChI=1S/C17H21N3O4/c1-11-2-3-13-14(19-16(22)15(21)18-13)12(11)10-20-6-4-17(5-7-20)23-8-9-24-17/h2-3H,4-10H2,1H3,(H,18,21)(H,19,22). The van der Waals surface area contributed by atoms with Crippen LogP contribution in [0.2, 0.25) is 0 Å². The maximum absolute atomic E-state index is 11.7. The minimum absolute atomic E-state index is 0.385. The zero-order valence-corrected chi connectivity index (χ0v) is 13.7. The Morgan fingerprint density at radius 3 is 2.46 bits per heavy atom. The Bertz CT molecular complexity index is 870. The minimum Gasteiger partial charge on any atom is -0.347 e. The number of aromatic amines is 2. The van der Waals surface area contributed by atoms with Crippen molar-refractivity contribution in [1.82, 2.24) is 14.9 Å². The van der Waals surface area contributed by atoms with Crippen LogP contribution in [-0.4, -0.2) is 47.0 Å². The van der Waals surface area contributed by atoms with Crippen LogP contribution < -0.4 is 11.1 Å². The van der Waals surface area contributed by atoms with Crippen molar-refractivity contribution < 1.29 is 9.47 Å². The lowest BCUT2D eigenvalue weighted by Gasteiger charge is -2.37. The summed E-state index contributed by atoms with van der Waals surface area (Å²) in [4.78, 5) is 30.9. The first-order valence-electron chi connectivity index (χ1n) is 8.31. The number of hydrogen-bond donors (Lipinski definition) is 2. The molecule has 1 aromatic heterocycles. The molecule has 0 amide bonds. The average Bonchev–Trinajstić information content (AvgIpc) is 3.02. The van der Waals surface area contributed by atoms with E-state index in [2.05, 4.69) is 14.9 Å². The number of hydrogen-bond acceptors (Lipinski definition) is 5. The maximum atomic E-state index is 11.7. The molecule has 0 bridgehead atoms. The van der Waals surface area contributed by atoms with Crippen LogP contribution in [0.25, 0.3) is 11.0 Å². The number of H-pyrrole nitrogens is 2. The molecule has 3 heterocycles. The maximum Gasteiger partial charge on any atom is 0.314 e. The van der Waals surface area contributed by atoms with Crippen LogP contribution in [0.1, 0.15) is 24.0 Å². The SMILES string of the molecule is Cc1ccc2[nH]c(=O)c(=O)[nH]c2c1CN1CCC2(CC1)OCCO2. The number of nitrogens with one attached hydrogen (secondary N) is 2. The molecule has 0 atom stereocenters. The molecule has 128 valence electrons. The highest BCUT2D eigenvalue weighted by atomic mass is 16.7. The molecule has 7 nitrogen and oxygen atoms in total. The van der Waals surface area contributed by atoms with Crippen LogP contribution in [0.5, 0.6) is 0 Å². The van der Waals surface area contributed by atoms with Gasteiger partial charge in [-0.3, -0.25) is 14.5 Å². The number of piperidine rings is 1. The number of nitrogens with zero attached hydrogens (tertiary/aromatic N) is 1. The minimum atomic E-state index is -0.618. The normalized spacial score (nSPS) is 20.9. The Hall–Kier alpha value is -1.96. The second-order valence-corrected chi connectivity index (χ2v) is 6.58. The fourth-order valence-corrected chi connectivity index (χ4v) is 3.61. The first kappa shape index (κ1) is 15.6. The third-order valence-electron chi connectivity index (χ3n) is 5.05. The molecule has 0 unspecified atom stereocenters. The molecule has 0 aliphatic carbocycles. The number of aryl methyl sites for hydroxylation is 1. The third-order valence-corrected chi connectivity index (χ3v) is 5.05. The number of aromatic nitrogens is 2. The van der Waals surface area contributed by atoms with Crippen LogP contribution in [0, 0.1) is 6.92 Å². The Kier molecular flexibility index (Phi) is 3.79. The number of fused-ring (bicyclic) bond motifs is 1. The number of ether oxygens (including phenoxy) is 2. The molecular weight excluding hydrogens is 310 g/mol. The molecule has 7 heteroatoms. The van der Waals surface area contributed by atoms with Crippen molar-refractivity contribution in [3.63, 3.8) is 0 Å². The molecule has 1 aromatic carbocycles. The second kappa shape index (κ2) is 5.84. The summed E-state index contributed by atoms with van der Waals surface area (Å²) in [7, 11) is 0. The summed E-state index contributed by atoms with van der Waals surface area (Å²) in [5, 5.41) is 0. The molecule has 0 radical (unpaired) electrons. The second-order valence-electron chi connectivity index (χ2n) is 6.58. The van der Waals surface area contributed by atoms with Gasteiger partial charge in [-0.1, -0.05) is 6.07 Å². The van der Waals surface area contributed by atoms with E-state index >= 15 is 0 Å². The molecular formula is C17H21N3O4. The van der Waals surface area contributed by atoms with Crippen molar-refractivity contribution in [2.75, 3.05) is 26.3 Å². The molecule has 2 aliphatic rings. The summed E-state index contributed by atoms with van der Waals surface area (Å²) < 4.78 is 11.5. The van der Waals surface area contributed by atoms with Crippen molar-refractivity contribution in [2.45, 2.75) is 32.1 Å². The number of benzene rings is 1. The van der Waals surface area contributed by atoms with E-state index in [0.717, 1.165) is 43.6 Å². The first-order valence-corrected chi connectivity index (χ1v) is 8.31. The van der Waals surface area contributed by atoms with Crippen LogP contribution >= 0.6 is 0 Å². The van der Waals surface area contributed by atoms with Gasteiger partial charge in [-0.15, -0.1) is 0 Å². The van der Waals surface area contributed by atoms with E-state index in [0.29, 0.717) is 24.2 Å². The molecule has 2 aromatic rings. The first-order chi connectivity index (χ1) is 11.6. The molecule has 2 N–H and O–H groups in total. The molecule has 24 heavy (non-hydrogen) atoms. The van der Waals surface area contributed by atoms with Gasteiger partial charge in [0.1, 0.15) is 0 Å². The summed E-state index contributed by atoms with van der Waals surface area (Å²) in [5.74, 6) is -0.385. The van der Waals surface area contributed by atoms with E-state index < -0.39 is 11.1 Å². The Morgan fingerprint density at radius 2 is 1.75 bits per heavy atom. The molecule has 0 saturated carbocycles. The Balaban J connectivity index is 1.60. The summed E-state index contributed by atoms with van der Waals surface area (Å²) in [6, 6.07) is 3.80. The van der Waals surface area contributed by atoms with E-state index in [1.54, 1.807) is 0 Å². The largest absolute Gasteiger partial charge is 0.347 e. The number of rotatable bonds is 2. The lowest BCUT2D eigenvalue weighted by Crippen LogP contribution is -2.44. The Labute approximate surface area is 138 Å². The predicted molar refractivity (Wildman–Crippen MR) is 89.1 cm³/mol. The fourth-order valence-electron chi connectivity index (χ4n) is 3.61. The smallest absolute Gasteiger partial charge is 0.314 e. The van der Waals surface area contributed by atoms with Gasteiger partial charge < -0.3 is 19.4 Å². The monoisotopic (exact) mass is 331 g/mol. The quantitative estimate of drug-likeness (QED) is 0.797. The van der Waals surface area contributed by atoms with E-state index in [-0.39, 0.29) is 5.79 Å². The van der Waals surface area contributed by atoms with Gasteiger partial charge >= 0.3 is 11.1 Å². The summed E-state index contributed by atoms with van der Waals surface area (Å²) in [6.07, 6.45) is 1.70. The van der Waals surface area contributed by atoms with Crippen LogP contribution in [0.15, 0.2) is 21.7 Å². The molecule has 2 aliphatic heterocycles. The van der Waals surface area contributed by atoms with Gasteiger partial charge in [0.15, 0.2) is 5.79 Å². The van der Waals surface area contributed by atoms with Crippen molar-refractivity contribution in [3.8, 4) is 0 Å². The lowest BCUT2D eigenvalue weighted by molar-refractivity contribution is -0.185. The van der Waals surface area contributed by atoms with Crippen molar-refractivity contribution in [2.24, 2.45) is 0 Å². The van der Waals surface area contributed by atoms with Gasteiger partial charge in [-0.05, 0) is 24.1 Å². The number of likely N-dealkylation sites (tertiary alicyclic amines) is 1. The zero-order chi connectivity index (χ0) is 16.7. The summed E-state index contributed by atoms with van der Waals surface area (Å²) >= 11 is 0. The topological polar surface area (TPSA) is 87.4 Å². The van der Waals surface area contributed by atoms with Crippen LogP contribution in [0.3, 0.4) is 0 Å². The Morgan fingerprint density at radius 1 is 1.08 bits per heavy atom. The highest BCUT2D eigenvalue weighted by molar-refractivity contribution is 5.78. The van der Waals surface area contributed by atoms with Gasteiger partial charge in [-0.2, -0.15) is 0 Å². The van der Waals surface area contributed by atoms with Gasteiger partial charge in [0.05, 0.1) is 24.2 Å². The highest BCUT2D eigenvalue weighted by Crippen LogP contribution is 2.32. The van der Waals surface area contributed by atoms with E-state index in [1.165, 1.54) is 0 Å². The average molecular weight is 331 g/mol. The van der Waals surface area contributed by atoms with Crippen molar-refractivity contribution in [3.05, 3.63) is 44.0 Å². The van der Waals surface area contributed by atoms with E-state index in [9.17, 15) is 9.59 Å². The summed E-state index contributed by atoms with van der Waals surface area (Å²) in [5.41, 5.74) is 2.29. The molecule has 1 spiro atoms. The third kappa shape index (κ3) is 2.68. The van der Waals surface area contributed by atoms with Crippen molar-refractivity contribution >= 4 is 11.0 Å². The predicted octanol–water partition coefficient (Wildman–Crippen LogP) is 0.864. The molecule has 4 rings (SSSR count). The van der Waals surface area contributed by atoms with E-state index in [1.807, 2.05) is 19.1 Å². The fraction of sp³-hybridized carbons (Fsp3) is 0.529. The molecule has 2 saturated heterocycles. The van der Waals surface area contributed by atoms with Crippen LogP contribution in [-0.2, 0) is 16.0 Å². The van der Waals surface area contributed by atoms with Crippen LogP contribution in [0.4, 0.5) is 0 Å².